The monoisotopic (exact) mass is 131 g/mol. The second-order valence-electron chi connectivity index (χ2n) is 2.07. The van der Waals surface area contributed by atoms with Crippen molar-refractivity contribution in [2.75, 3.05) is 19.9 Å². The lowest BCUT2D eigenvalue weighted by Crippen LogP contribution is -2.57. The van der Waals surface area contributed by atoms with Crippen molar-refractivity contribution in [1.82, 2.24) is 15.5 Å². The van der Waals surface area contributed by atoms with Gasteiger partial charge < -0.3 is 5.11 Å². The summed E-state index contributed by atoms with van der Waals surface area (Å²) in [6.07, 6.45) is -0.462. The van der Waals surface area contributed by atoms with E-state index in [0.717, 1.165) is 13.2 Å². The minimum absolute atomic E-state index is 0.462. The molecule has 54 valence electrons. The molecule has 1 aliphatic rings. The van der Waals surface area contributed by atoms with E-state index in [2.05, 4.69) is 10.6 Å². The second-order valence-corrected chi connectivity index (χ2v) is 2.07. The van der Waals surface area contributed by atoms with Crippen molar-refractivity contribution >= 4 is 0 Å². The standard InChI is InChI=1S/C5H13N3O/c1-2-8-4-6-3-7-5(8)9/h5-7,9H,2-4H2,1H3. The molecule has 1 aliphatic heterocycles. The largest absolute Gasteiger partial charge is 0.365 e. The Hall–Kier alpha value is -0.160. The maximum absolute atomic E-state index is 9.14. The zero-order valence-electron chi connectivity index (χ0n) is 5.59. The Labute approximate surface area is 54.8 Å². The van der Waals surface area contributed by atoms with Crippen molar-refractivity contribution in [3.05, 3.63) is 0 Å². The highest BCUT2D eigenvalue weighted by atomic mass is 16.3. The minimum Gasteiger partial charge on any atom is -0.365 e. The molecular weight excluding hydrogens is 118 g/mol. The van der Waals surface area contributed by atoms with Gasteiger partial charge in [0.15, 0.2) is 6.35 Å². The van der Waals surface area contributed by atoms with Crippen molar-refractivity contribution < 1.29 is 5.11 Å². The van der Waals surface area contributed by atoms with E-state index in [1.54, 1.807) is 0 Å². The maximum atomic E-state index is 9.14. The lowest BCUT2D eigenvalue weighted by Gasteiger charge is -2.32. The van der Waals surface area contributed by atoms with Gasteiger partial charge >= 0.3 is 0 Å². The molecule has 1 rings (SSSR count). The Morgan fingerprint density at radius 2 is 2.56 bits per heavy atom. The zero-order chi connectivity index (χ0) is 6.69. The van der Waals surface area contributed by atoms with Crippen LogP contribution in [-0.2, 0) is 0 Å². The fourth-order valence-electron chi connectivity index (χ4n) is 0.863. The van der Waals surface area contributed by atoms with E-state index in [1.807, 2.05) is 11.8 Å². The first-order chi connectivity index (χ1) is 4.34. The predicted molar refractivity (Wildman–Crippen MR) is 34.4 cm³/mol. The first-order valence-corrected chi connectivity index (χ1v) is 3.21. The van der Waals surface area contributed by atoms with Gasteiger partial charge in [0.1, 0.15) is 0 Å². The van der Waals surface area contributed by atoms with E-state index in [4.69, 9.17) is 5.11 Å². The normalized spacial score (nSPS) is 30.7. The number of nitrogens with zero attached hydrogens (tertiary/aromatic N) is 1. The van der Waals surface area contributed by atoms with Crippen LogP contribution >= 0.6 is 0 Å². The Bertz CT molecular complexity index is 88.3. The van der Waals surface area contributed by atoms with E-state index in [1.165, 1.54) is 0 Å². The molecule has 9 heavy (non-hydrogen) atoms. The summed E-state index contributed by atoms with van der Waals surface area (Å²) >= 11 is 0. The van der Waals surface area contributed by atoms with Gasteiger partial charge in [-0.2, -0.15) is 0 Å². The van der Waals surface area contributed by atoms with Gasteiger partial charge in [0.05, 0.1) is 6.67 Å². The SMILES string of the molecule is CCN1CNCNC1O. The average molecular weight is 131 g/mol. The highest BCUT2D eigenvalue weighted by molar-refractivity contribution is 4.61. The molecule has 0 aromatic rings. The summed E-state index contributed by atoms with van der Waals surface area (Å²) in [6, 6.07) is 0. The van der Waals surface area contributed by atoms with Crippen molar-refractivity contribution in [3.63, 3.8) is 0 Å². The lowest BCUT2D eigenvalue weighted by atomic mass is 10.5. The fourth-order valence-corrected chi connectivity index (χ4v) is 0.863. The lowest BCUT2D eigenvalue weighted by molar-refractivity contribution is -0.0466. The molecule has 4 nitrogen and oxygen atoms in total. The van der Waals surface area contributed by atoms with E-state index in [-0.39, 0.29) is 0 Å². The Kier molecular flexibility index (Phi) is 2.41. The molecule has 0 spiro atoms. The third-order valence-corrected chi connectivity index (χ3v) is 1.48. The first-order valence-electron chi connectivity index (χ1n) is 3.21. The summed E-state index contributed by atoms with van der Waals surface area (Å²) < 4.78 is 0. The molecule has 0 saturated carbocycles. The van der Waals surface area contributed by atoms with Crippen molar-refractivity contribution in [2.24, 2.45) is 0 Å². The van der Waals surface area contributed by atoms with Gasteiger partial charge in [-0.15, -0.1) is 0 Å². The molecule has 1 fully saturated rings. The molecule has 0 bridgehead atoms. The molecule has 0 amide bonds. The Morgan fingerprint density at radius 3 is 3.00 bits per heavy atom. The van der Waals surface area contributed by atoms with Gasteiger partial charge in [0.2, 0.25) is 0 Å². The van der Waals surface area contributed by atoms with Crippen LogP contribution in [0.3, 0.4) is 0 Å². The predicted octanol–water partition coefficient (Wildman–Crippen LogP) is -1.31. The molecule has 1 atom stereocenters. The molecule has 1 heterocycles. The number of hydrogen-bond donors (Lipinski definition) is 3. The highest BCUT2D eigenvalue weighted by Crippen LogP contribution is 1.92. The third kappa shape index (κ3) is 1.62. The molecule has 4 heteroatoms. The van der Waals surface area contributed by atoms with Crippen LogP contribution in [0.1, 0.15) is 6.92 Å². The molecule has 0 radical (unpaired) electrons. The number of nitrogens with one attached hydrogen (secondary N) is 2. The Balaban J connectivity index is 2.30. The molecule has 1 unspecified atom stereocenters. The van der Waals surface area contributed by atoms with Crippen LogP contribution in [0.2, 0.25) is 0 Å². The number of aliphatic hydroxyl groups is 1. The molecule has 0 aromatic heterocycles. The summed E-state index contributed by atoms with van der Waals surface area (Å²) in [5.41, 5.74) is 0. The summed E-state index contributed by atoms with van der Waals surface area (Å²) in [6.45, 7) is 4.33. The van der Waals surface area contributed by atoms with Crippen molar-refractivity contribution in [3.8, 4) is 0 Å². The molecule has 0 aliphatic carbocycles. The molecule has 1 saturated heterocycles. The van der Waals surface area contributed by atoms with Gasteiger partial charge in [-0.1, -0.05) is 6.92 Å². The third-order valence-electron chi connectivity index (χ3n) is 1.48. The van der Waals surface area contributed by atoms with Crippen LogP contribution in [0.15, 0.2) is 0 Å². The van der Waals surface area contributed by atoms with Gasteiger partial charge in [-0.25, -0.2) is 0 Å². The van der Waals surface area contributed by atoms with Crippen molar-refractivity contribution in [2.45, 2.75) is 13.3 Å². The first kappa shape index (κ1) is 6.95. The summed E-state index contributed by atoms with van der Waals surface area (Å²) in [5, 5.41) is 15.1. The van der Waals surface area contributed by atoms with Crippen molar-refractivity contribution in [1.29, 1.82) is 0 Å². The van der Waals surface area contributed by atoms with E-state index >= 15 is 0 Å². The van der Waals surface area contributed by atoms with Crippen LogP contribution in [-0.4, -0.2) is 36.2 Å². The summed E-state index contributed by atoms with van der Waals surface area (Å²) in [4.78, 5) is 1.89. The van der Waals surface area contributed by atoms with Crippen LogP contribution < -0.4 is 10.6 Å². The zero-order valence-corrected chi connectivity index (χ0v) is 5.59. The Morgan fingerprint density at radius 1 is 1.78 bits per heavy atom. The molecule has 0 aromatic carbocycles. The van der Waals surface area contributed by atoms with Crippen LogP contribution in [0.25, 0.3) is 0 Å². The van der Waals surface area contributed by atoms with Crippen LogP contribution in [0.5, 0.6) is 0 Å². The van der Waals surface area contributed by atoms with E-state index in [0.29, 0.717) is 6.67 Å². The molecule has 3 N–H and O–H groups in total. The van der Waals surface area contributed by atoms with E-state index in [9.17, 15) is 0 Å². The van der Waals surface area contributed by atoms with Gasteiger partial charge in [-0.3, -0.25) is 15.5 Å². The average Bonchev–Trinajstić information content (AvgIpc) is 1.89. The number of aliphatic hydroxyl groups excluding tert-OH is 1. The highest BCUT2D eigenvalue weighted by Gasteiger charge is 2.15. The van der Waals surface area contributed by atoms with Gasteiger partial charge in [-0.05, 0) is 0 Å². The molecular formula is C5H13N3O. The minimum atomic E-state index is -0.462. The van der Waals surface area contributed by atoms with Gasteiger partial charge in [0, 0.05) is 13.2 Å². The number of hydrogen-bond acceptors (Lipinski definition) is 4. The van der Waals surface area contributed by atoms with E-state index < -0.39 is 6.35 Å². The second kappa shape index (κ2) is 3.12. The van der Waals surface area contributed by atoms with Crippen LogP contribution in [0, 0.1) is 0 Å². The summed E-state index contributed by atoms with van der Waals surface area (Å²) in [5.74, 6) is 0. The quantitative estimate of drug-likeness (QED) is 0.413. The smallest absolute Gasteiger partial charge is 0.165 e. The fraction of sp³-hybridized carbons (Fsp3) is 1.00. The summed E-state index contributed by atoms with van der Waals surface area (Å²) in [7, 11) is 0. The van der Waals surface area contributed by atoms with Crippen LogP contribution in [0.4, 0.5) is 0 Å². The topological polar surface area (TPSA) is 47.5 Å². The number of rotatable bonds is 1. The van der Waals surface area contributed by atoms with Gasteiger partial charge in [0.25, 0.3) is 0 Å². The maximum Gasteiger partial charge on any atom is 0.165 e.